The fourth-order valence-corrected chi connectivity index (χ4v) is 3.08. The number of aryl methyl sites for hydroxylation is 1. The molecular formula is C23H22F4N4O2. The number of anilines is 1. The Morgan fingerprint density at radius 2 is 1.70 bits per heavy atom. The molecule has 0 unspecified atom stereocenters. The molecule has 0 spiro atoms. The van der Waals surface area contributed by atoms with Crippen molar-refractivity contribution in [1.82, 2.24) is 15.0 Å². The van der Waals surface area contributed by atoms with Gasteiger partial charge in [-0.15, -0.1) is 0 Å². The van der Waals surface area contributed by atoms with Gasteiger partial charge >= 0.3 is 0 Å². The van der Waals surface area contributed by atoms with Gasteiger partial charge in [0.2, 0.25) is 5.95 Å². The first kappa shape index (κ1) is 24.1. The fraction of sp³-hybridized carbons (Fsp3) is 0.304. The zero-order chi connectivity index (χ0) is 24.1. The number of alkyl halides is 4. The maximum atomic E-state index is 13.4. The van der Waals surface area contributed by atoms with Crippen LogP contribution in [0.25, 0.3) is 11.3 Å². The van der Waals surface area contributed by atoms with Crippen molar-refractivity contribution in [2.75, 3.05) is 5.32 Å². The summed E-state index contributed by atoms with van der Waals surface area (Å²) in [5.74, 6) is -0.984. The average Bonchev–Trinajstić information content (AvgIpc) is 3.25. The first-order valence-electron chi connectivity index (χ1n) is 10.2. The predicted octanol–water partition coefficient (Wildman–Crippen LogP) is 5.76. The van der Waals surface area contributed by atoms with Crippen LogP contribution in [-0.2, 0) is 11.2 Å². The first-order chi connectivity index (χ1) is 15.7. The highest BCUT2D eigenvalue weighted by Crippen LogP contribution is 2.25. The van der Waals surface area contributed by atoms with Crippen molar-refractivity contribution in [2.24, 2.45) is 5.92 Å². The molecule has 0 atom stereocenters. The van der Waals surface area contributed by atoms with Crippen LogP contribution in [0.3, 0.4) is 0 Å². The highest BCUT2D eigenvalue weighted by atomic mass is 19.3. The Kier molecular flexibility index (Phi) is 7.57. The molecule has 2 N–H and O–H groups in total. The largest absolute Gasteiger partial charge is 0.324 e. The summed E-state index contributed by atoms with van der Waals surface area (Å²) in [5.41, 5.74) is 0.351. The molecule has 10 heteroatoms. The molecule has 174 valence electrons. The zero-order valence-electron chi connectivity index (χ0n) is 17.9. The number of rotatable bonds is 9. The van der Waals surface area contributed by atoms with Crippen LogP contribution in [0.5, 0.6) is 0 Å². The molecule has 33 heavy (non-hydrogen) atoms. The van der Waals surface area contributed by atoms with Gasteiger partial charge in [0.15, 0.2) is 0 Å². The molecule has 2 aromatic heterocycles. The first-order valence-corrected chi connectivity index (χ1v) is 10.2. The van der Waals surface area contributed by atoms with E-state index in [1.807, 2.05) is 0 Å². The molecule has 0 bridgehead atoms. The molecule has 6 nitrogen and oxygen atoms in total. The van der Waals surface area contributed by atoms with E-state index in [4.69, 9.17) is 0 Å². The zero-order valence-corrected chi connectivity index (χ0v) is 17.9. The summed E-state index contributed by atoms with van der Waals surface area (Å²) in [6, 6.07) is 6.79. The number of carbonyl (C=O) groups is 2. The molecule has 0 saturated heterocycles. The summed E-state index contributed by atoms with van der Waals surface area (Å²) in [4.78, 5) is 35.1. The summed E-state index contributed by atoms with van der Waals surface area (Å²) in [5, 5.41) is 2.42. The maximum Gasteiger partial charge on any atom is 0.281 e. The number of aromatic amines is 1. The number of imidazole rings is 1. The number of carbonyl (C=O) groups excluding carboxylic acids is 2. The quantitative estimate of drug-likeness (QED) is 0.396. The monoisotopic (exact) mass is 462 g/mol. The Bertz CT molecular complexity index is 1130. The lowest BCUT2D eigenvalue weighted by molar-refractivity contribution is -0.121. The minimum atomic E-state index is -2.97. The highest BCUT2D eigenvalue weighted by molar-refractivity contribution is 6.04. The lowest BCUT2D eigenvalue weighted by Crippen LogP contribution is -2.17. The van der Waals surface area contributed by atoms with Gasteiger partial charge in [-0.1, -0.05) is 38.1 Å². The molecule has 1 aromatic carbocycles. The van der Waals surface area contributed by atoms with E-state index in [2.05, 4.69) is 20.3 Å². The van der Waals surface area contributed by atoms with Gasteiger partial charge < -0.3 is 4.98 Å². The standard InChI is InChI=1S/C23H22F4N4O2/c1-12(2)18(32)8-3-13-9-16(19(21(26)27)28-10-13)22(33)31-23-29-11-17(30-23)14-4-6-15(7-5-14)20(24)25/h4-7,9-12,20-21H,3,8H2,1-2H3,(H2,29,30,31,33). The molecule has 1 amide bonds. The third kappa shape index (κ3) is 6.03. The number of hydrogen-bond acceptors (Lipinski definition) is 4. The van der Waals surface area contributed by atoms with Gasteiger partial charge in [-0.3, -0.25) is 19.9 Å². The van der Waals surface area contributed by atoms with E-state index in [9.17, 15) is 27.2 Å². The van der Waals surface area contributed by atoms with E-state index in [0.29, 0.717) is 16.8 Å². The summed E-state index contributed by atoms with van der Waals surface area (Å²) in [7, 11) is 0. The summed E-state index contributed by atoms with van der Waals surface area (Å²) in [6.45, 7) is 3.54. The molecular weight excluding hydrogens is 440 g/mol. The van der Waals surface area contributed by atoms with Crippen LogP contribution in [0.15, 0.2) is 42.7 Å². The van der Waals surface area contributed by atoms with Gasteiger partial charge in [-0.05, 0) is 23.6 Å². The van der Waals surface area contributed by atoms with Crippen molar-refractivity contribution in [1.29, 1.82) is 0 Å². The van der Waals surface area contributed by atoms with Crippen LogP contribution in [0.2, 0.25) is 0 Å². The molecule has 3 aromatic rings. The van der Waals surface area contributed by atoms with E-state index < -0.39 is 24.5 Å². The summed E-state index contributed by atoms with van der Waals surface area (Å²) in [6.07, 6.45) is -2.47. The van der Waals surface area contributed by atoms with Gasteiger partial charge in [-0.2, -0.15) is 0 Å². The number of nitrogens with zero attached hydrogens (tertiary/aromatic N) is 2. The van der Waals surface area contributed by atoms with E-state index in [0.717, 1.165) is 0 Å². The van der Waals surface area contributed by atoms with Gasteiger partial charge in [0.05, 0.1) is 17.5 Å². The second-order valence-electron chi connectivity index (χ2n) is 7.72. The lowest BCUT2D eigenvalue weighted by atomic mass is 10.0. The third-order valence-electron chi connectivity index (χ3n) is 5.01. The minimum Gasteiger partial charge on any atom is -0.324 e. The van der Waals surface area contributed by atoms with Gasteiger partial charge in [0.1, 0.15) is 11.5 Å². The Balaban J connectivity index is 1.77. The minimum absolute atomic E-state index is 0.00598. The normalized spacial score (nSPS) is 11.4. The van der Waals surface area contributed by atoms with Crippen molar-refractivity contribution < 1.29 is 27.2 Å². The van der Waals surface area contributed by atoms with Crippen molar-refractivity contribution in [3.8, 4) is 11.3 Å². The van der Waals surface area contributed by atoms with E-state index in [1.165, 1.54) is 42.7 Å². The number of hydrogen-bond donors (Lipinski definition) is 2. The van der Waals surface area contributed by atoms with Crippen LogP contribution >= 0.6 is 0 Å². The average molecular weight is 462 g/mol. The number of ketones is 1. The number of pyridine rings is 1. The van der Waals surface area contributed by atoms with Crippen molar-refractivity contribution in [3.63, 3.8) is 0 Å². The molecule has 3 rings (SSSR count). The summed E-state index contributed by atoms with van der Waals surface area (Å²) < 4.78 is 52.3. The van der Waals surface area contributed by atoms with E-state index in [1.54, 1.807) is 13.8 Å². The molecule has 0 aliphatic carbocycles. The topological polar surface area (TPSA) is 87.7 Å². The van der Waals surface area contributed by atoms with Gasteiger partial charge in [0, 0.05) is 24.1 Å². The molecule has 0 radical (unpaired) electrons. The summed E-state index contributed by atoms with van der Waals surface area (Å²) >= 11 is 0. The third-order valence-corrected chi connectivity index (χ3v) is 5.01. The molecule has 0 aliphatic rings. The van der Waals surface area contributed by atoms with Gasteiger partial charge in [-0.25, -0.2) is 22.5 Å². The second-order valence-corrected chi connectivity index (χ2v) is 7.72. The molecule has 0 fully saturated rings. The van der Waals surface area contributed by atoms with Crippen LogP contribution < -0.4 is 5.32 Å². The van der Waals surface area contributed by atoms with Crippen molar-refractivity contribution in [3.05, 3.63) is 65.1 Å². The smallest absolute Gasteiger partial charge is 0.281 e. The number of amides is 1. The number of halogens is 4. The van der Waals surface area contributed by atoms with Crippen molar-refractivity contribution >= 4 is 17.6 Å². The van der Waals surface area contributed by atoms with Crippen LogP contribution in [-0.4, -0.2) is 26.6 Å². The second kappa shape index (κ2) is 10.4. The van der Waals surface area contributed by atoms with Crippen molar-refractivity contribution in [2.45, 2.75) is 39.5 Å². The lowest BCUT2D eigenvalue weighted by Gasteiger charge is -2.10. The SMILES string of the molecule is CC(C)C(=O)CCc1cnc(C(F)F)c(C(=O)Nc2ncc(-c3ccc(C(F)F)cc3)[nH]2)c1. The number of H-pyrrole nitrogens is 1. The Hall–Kier alpha value is -3.56. The Morgan fingerprint density at radius 3 is 2.30 bits per heavy atom. The maximum absolute atomic E-state index is 13.4. The number of benzene rings is 1. The molecule has 0 saturated carbocycles. The number of Topliss-reactive ketones (excluding diaryl/α,β-unsaturated/α-hetero) is 1. The molecule has 2 heterocycles. The Morgan fingerprint density at radius 1 is 1.00 bits per heavy atom. The highest BCUT2D eigenvalue weighted by Gasteiger charge is 2.22. The van der Waals surface area contributed by atoms with Crippen LogP contribution in [0.4, 0.5) is 23.5 Å². The Labute approximate surface area is 187 Å². The van der Waals surface area contributed by atoms with Crippen LogP contribution in [0.1, 0.15) is 60.3 Å². The predicted molar refractivity (Wildman–Crippen MR) is 114 cm³/mol. The van der Waals surface area contributed by atoms with Gasteiger partial charge in [0.25, 0.3) is 18.8 Å². The van der Waals surface area contributed by atoms with Crippen LogP contribution in [0, 0.1) is 5.92 Å². The molecule has 0 aliphatic heterocycles. The fourth-order valence-electron chi connectivity index (χ4n) is 3.08. The number of aromatic nitrogens is 3. The van der Waals surface area contributed by atoms with E-state index >= 15 is 0 Å². The van der Waals surface area contributed by atoms with E-state index in [-0.39, 0.29) is 41.6 Å². The number of nitrogens with one attached hydrogen (secondary N) is 2.